The van der Waals surface area contributed by atoms with Crippen molar-refractivity contribution in [3.8, 4) is 0 Å². The predicted octanol–water partition coefficient (Wildman–Crippen LogP) is 1.12. The zero-order valence-electron chi connectivity index (χ0n) is 12.0. The lowest BCUT2D eigenvalue weighted by Gasteiger charge is -2.16. The average molecular weight is 305 g/mol. The molecule has 7 heteroatoms. The van der Waals surface area contributed by atoms with Crippen LogP contribution in [0.25, 0.3) is 0 Å². The Morgan fingerprint density at radius 1 is 1.32 bits per heavy atom. The van der Waals surface area contributed by atoms with Gasteiger partial charge in [0.25, 0.3) is 0 Å². The summed E-state index contributed by atoms with van der Waals surface area (Å²) < 4.78 is 5.03. The van der Waals surface area contributed by atoms with E-state index in [1.165, 1.54) is 12.5 Å². The minimum Gasteiger partial charge on any atom is -0.445 e. The molecule has 1 heterocycles. The topological polar surface area (TPSA) is 107 Å². The Bertz CT molecular complexity index is 559. The quantitative estimate of drug-likeness (QED) is 0.613. The molecule has 2 rings (SSSR count). The molecule has 0 radical (unpaired) electrons. The van der Waals surface area contributed by atoms with E-state index in [2.05, 4.69) is 15.3 Å². The molecule has 0 spiro atoms. The van der Waals surface area contributed by atoms with Gasteiger partial charge in [0.2, 0.25) is 0 Å². The number of H-pyrrole nitrogens is 1. The summed E-state index contributed by atoms with van der Waals surface area (Å²) in [4.78, 5) is 18.0. The first-order valence-corrected chi connectivity index (χ1v) is 6.96. The van der Waals surface area contributed by atoms with Crippen molar-refractivity contribution in [1.29, 1.82) is 0 Å². The first-order valence-electron chi connectivity index (χ1n) is 6.96. The number of hydrogen-bond acceptors (Lipinski definition) is 5. The molecular weight excluding hydrogens is 286 g/mol. The number of alkyl carbamates (subject to hydrolysis) is 1. The molecule has 0 aliphatic heterocycles. The number of carbonyl (C=O) groups is 1. The Kier molecular flexibility index (Phi) is 5.93. The van der Waals surface area contributed by atoms with Crippen LogP contribution in [-0.4, -0.2) is 38.9 Å². The van der Waals surface area contributed by atoms with Gasteiger partial charge in [0.15, 0.2) is 0 Å². The van der Waals surface area contributed by atoms with E-state index in [-0.39, 0.29) is 19.6 Å². The van der Waals surface area contributed by atoms with Crippen LogP contribution in [0.5, 0.6) is 0 Å². The molecule has 0 aliphatic rings. The molecule has 2 aromatic rings. The Morgan fingerprint density at radius 3 is 2.77 bits per heavy atom. The maximum absolute atomic E-state index is 11.5. The predicted molar refractivity (Wildman–Crippen MR) is 78.8 cm³/mol. The monoisotopic (exact) mass is 305 g/mol. The highest BCUT2D eigenvalue weighted by Crippen LogP contribution is 2.15. The summed E-state index contributed by atoms with van der Waals surface area (Å²) in [7, 11) is 0. The second kappa shape index (κ2) is 8.16. The van der Waals surface area contributed by atoms with E-state index in [9.17, 15) is 15.0 Å². The molecule has 4 N–H and O–H groups in total. The van der Waals surface area contributed by atoms with Crippen molar-refractivity contribution in [2.45, 2.75) is 25.2 Å². The van der Waals surface area contributed by atoms with Gasteiger partial charge >= 0.3 is 6.09 Å². The van der Waals surface area contributed by atoms with Crippen molar-refractivity contribution < 1.29 is 19.7 Å². The summed E-state index contributed by atoms with van der Waals surface area (Å²) in [5, 5.41) is 22.2. The lowest BCUT2D eigenvalue weighted by molar-refractivity contribution is 0.0114. The molecule has 7 nitrogen and oxygen atoms in total. The fraction of sp³-hybridized carbons (Fsp3) is 0.333. The zero-order chi connectivity index (χ0) is 15.8. The van der Waals surface area contributed by atoms with Crippen LogP contribution >= 0.6 is 0 Å². The molecule has 0 saturated carbocycles. The van der Waals surface area contributed by atoms with E-state index in [0.717, 1.165) is 5.56 Å². The van der Waals surface area contributed by atoms with Gasteiger partial charge in [-0.3, -0.25) is 0 Å². The number of carbonyl (C=O) groups excluding carboxylic acids is 1. The number of aromatic amines is 1. The number of nitrogens with zero attached hydrogens (tertiary/aromatic N) is 1. The second-order valence-electron chi connectivity index (χ2n) is 4.80. The molecule has 0 saturated heterocycles. The van der Waals surface area contributed by atoms with Gasteiger partial charge in [0, 0.05) is 6.54 Å². The third-order valence-electron chi connectivity index (χ3n) is 3.12. The van der Waals surface area contributed by atoms with Gasteiger partial charge in [-0.15, -0.1) is 0 Å². The Hall–Kier alpha value is -2.38. The zero-order valence-corrected chi connectivity index (χ0v) is 12.0. The summed E-state index contributed by atoms with van der Waals surface area (Å²) in [6, 6.07) is 9.33. The molecule has 1 aromatic carbocycles. The van der Waals surface area contributed by atoms with Gasteiger partial charge in [-0.25, -0.2) is 9.78 Å². The number of rotatable bonds is 7. The first kappa shape index (κ1) is 16.0. The molecule has 0 bridgehead atoms. The molecule has 118 valence electrons. The maximum Gasteiger partial charge on any atom is 0.407 e. The SMILES string of the molecule is O=C(NCCC(O)C(O)c1cnc[nH]1)OCc1ccccc1. The molecule has 22 heavy (non-hydrogen) atoms. The number of amides is 1. The lowest BCUT2D eigenvalue weighted by Crippen LogP contribution is -2.29. The summed E-state index contributed by atoms with van der Waals surface area (Å²) in [5.74, 6) is 0. The fourth-order valence-electron chi connectivity index (χ4n) is 1.89. The van der Waals surface area contributed by atoms with Gasteiger partial charge < -0.3 is 25.3 Å². The largest absolute Gasteiger partial charge is 0.445 e. The van der Waals surface area contributed by atoms with Crippen LogP contribution in [-0.2, 0) is 11.3 Å². The van der Waals surface area contributed by atoms with Crippen molar-refractivity contribution >= 4 is 6.09 Å². The van der Waals surface area contributed by atoms with E-state index < -0.39 is 18.3 Å². The molecule has 0 aliphatic carbocycles. The minimum atomic E-state index is -1.07. The van der Waals surface area contributed by atoms with E-state index in [4.69, 9.17) is 4.74 Å². The van der Waals surface area contributed by atoms with Gasteiger partial charge in [0.1, 0.15) is 12.7 Å². The molecule has 2 unspecified atom stereocenters. The number of benzene rings is 1. The van der Waals surface area contributed by atoms with Crippen LogP contribution in [0.2, 0.25) is 0 Å². The van der Waals surface area contributed by atoms with Crippen molar-refractivity contribution in [1.82, 2.24) is 15.3 Å². The maximum atomic E-state index is 11.5. The van der Waals surface area contributed by atoms with Crippen LogP contribution in [0.15, 0.2) is 42.9 Å². The van der Waals surface area contributed by atoms with E-state index in [1.54, 1.807) is 0 Å². The Balaban J connectivity index is 1.64. The molecule has 2 atom stereocenters. The number of nitrogens with one attached hydrogen (secondary N) is 2. The van der Waals surface area contributed by atoms with Crippen molar-refractivity contribution in [3.63, 3.8) is 0 Å². The molecule has 1 amide bonds. The normalized spacial score (nSPS) is 13.4. The molecular formula is C15H19N3O4. The highest BCUT2D eigenvalue weighted by atomic mass is 16.5. The molecule has 0 fully saturated rings. The number of aliphatic hydroxyl groups is 2. The third-order valence-corrected chi connectivity index (χ3v) is 3.12. The van der Waals surface area contributed by atoms with Crippen molar-refractivity contribution in [2.24, 2.45) is 0 Å². The van der Waals surface area contributed by atoms with Gasteiger partial charge in [-0.2, -0.15) is 0 Å². The number of aromatic nitrogens is 2. The van der Waals surface area contributed by atoms with Crippen LogP contribution in [0.3, 0.4) is 0 Å². The standard InChI is InChI=1S/C15H19N3O4/c19-13(14(20)12-8-16-10-18-12)6-7-17-15(21)22-9-11-4-2-1-3-5-11/h1-5,8,10,13-14,19-20H,6-7,9H2,(H,16,18)(H,17,21). The van der Waals surface area contributed by atoms with Crippen LogP contribution in [0.4, 0.5) is 4.79 Å². The smallest absolute Gasteiger partial charge is 0.407 e. The highest BCUT2D eigenvalue weighted by Gasteiger charge is 2.19. The summed E-state index contributed by atoms with van der Waals surface area (Å²) >= 11 is 0. The van der Waals surface area contributed by atoms with Crippen molar-refractivity contribution in [3.05, 3.63) is 54.1 Å². The average Bonchev–Trinajstić information content (AvgIpc) is 3.07. The molecule has 1 aromatic heterocycles. The van der Waals surface area contributed by atoms with Crippen molar-refractivity contribution in [2.75, 3.05) is 6.54 Å². The number of imidazole rings is 1. The summed E-state index contributed by atoms with van der Waals surface area (Å²) in [6.45, 7) is 0.381. The van der Waals surface area contributed by atoms with Gasteiger partial charge in [0.05, 0.1) is 24.3 Å². The number of aliphatic hydroxyl groups excluding tert-OH is 2. The van der Waals surface area contributed by atoms with Gasteiger partial charge in [-0.1, -0.05) is 30.3 Å². The number of hydrogen-bond donors (Lipinski definition) is 4. The van der Waals surface area contributed by atoms with Crippen LogP contribution in [0.1, 0.15) is 23.8 Å². The van der Waals surface area contributed by atoms with E-state index in [1.807, 2.05) is 30.3 Å². The van der Waals surface area contributed by atoms with E-state index in [0.29, 0.717) is 5.69 Å². The minimum absolute atomic E-state index is 0.187. The summed E-state index contributed by atoms with van der Waals surface area (Å²) in [6.07, 6.45) is 0.423. The van der Waals surface area contributed by atoms with Crippen LogP contribution in [0, 0.1) is 0 Å². The highest BCUT2D eigenvalue weighted by molar-refractivity contribution is 5.67. The summed E-state index contributed by atoms with van der Waals surface area (Å²) in [5.41, 5.74) is 1.33. The second-order valence-corrected chi connectivity index (χ2v) is 4.80. The Labute approximate surface area is 128 Å². The third kappa shape index (κ3) is 4.87. The van der Waals surface area contributed by atoms with Crippen LogP contribution < -0.4 is 5.32 Å². The Morgan fingerprint density at radius 2 is 2.09 bits per heavy atom. The van der Waals surface area contributed by atoms with Gasteiger partial charge in [-0.05, 0) is 12.0 Å². The van der Waals surface area contributed by atoms with E-state index >= 15 is 0 Å². The lowest BCUT2D eigenvalue weighted by atomic mass is 10.1. The number of ether oxygens (including phenoxy) is 1. The fourth-order valence-corrected chi connectivity index (χ4v) is 1.89. The first-order chi connectivity index (χ1) is 10.7.